The van der Waals surface area contributed by atoms with Crippen LogP contribution in [0.3, 0.4) is 0 Å². The minimum absolute atomic E-state index is 0.124. The van der Waals surface area contributed by atoms with Crippen LogP contribution in [0.4, 0.5) is 13.2 Å². The lowest BCUT2D eigenvalue weighted by atomic mass is 10.1. The molecule has 0 aliphatic carbocycles. The van der Waals surface area contributed by atoms with Crippen LogP contribution >= 0.6 is 50.5 Å². The molecule has 0 aliphatic heterocycles. The fourth-order valence-electron chi connectivity index (χ4n) is 1.38. The van der Waals surface area contributed by atoms with Crippen LogP contribution in [0.25, 0.3) is 0 Å². The molecule has 0 saturated carbocycles. The Bertz CT molecular complexity index is 581. The van der Waals surface area contributed by atoms with Crippen LogP contribution in [-0.2, 0) is 0 Å². The molecule has 96 valence electrons. The van der Waals surface area contributed by atoms with Gasteiger partial charge in [0.2, 0.25) is 0 Å². The maximum absolute atomic E-state index is 13.6. The summed E-state index contributed by atoms with van der Waals surface area (Å²) in [5.41, 5.74) is -0.124. The average molecular weight is 376 g/mol. The van der Waals surface area contributed by atoms with Gasteiger partial charge in [-0.25, -0.2) is 13.2 Å². The third-order valence-corrected chi connectivity index (χ3v) is 5.39. The Morgan fingerprint density at radius 3 is 2.39 bits per heavy atom. The predicted molar refractivity (Wildman–Crippen MR) is 71.0 cm³/mol. The van der Waals surface area contributed by atoms with E-state index in [-0.39, 0.29) is 5.56 Å². The topological polar surface area (TPSA) is 0 Å². The van der Waals surface area contributed by atoms with Gasteiger partial charge in [-0.15, -0.1) is 22.9 Å². The van der Waals surface area contributed by atoms with Crippen LogP contribution in [0, 0.1) is 17.5 Å². The number of rotatable bonds is 2. The van der Waals surface area contributed by atoms with Gasteiger partial charge in [-0.3, -0.25) is 0 Å². The predicted octanol–water partition coefficient (Wildman–Crippen LogP) is 5.91. The van der Waals surface area contributed by atoms with E-state index in [4.69, 9.17) is 23.2 Å². The fraction of sp³-hybridized carbons (Fsp3) is 0.0909. The zero-order valence-electron chi connectivity index (χ0n) is 8.49. The van der Waals surface area contributed by atoms with Crippen LogP contribution in [0.1, 0.15) is 15.8 Å². The standard InChI is InChI=1S/C11H4BrCl2F3S/c12-5-3-7(18-11(5)14)8(13)4-1-2-6(15)10(17)9(4)16/h1-3,8H. The van der Waals surface area contributed by atoms with Crippen LogP contribution in [0.2, 0.25) is 4.34 Å². The summed E-state index contributed by atoms with van der Waals surface area (Å²) < 4.78 is 40.6. The minimum Gasteiger partial charge on any atom is -0.204 e. The summed E-state index contributed by atoms with van der Waals surface area (Å²) in [7, 11) is 0. The number of hydrogen-bond acceptors (Lipinski definition) is 1. The number of benzene rings is 1. The summed E-state index contributed by atoms with van der Waals surface area (Å²) in [6.45, 7) is 0. The van der Waals surface area contributed by atoms with Crippen LogP contribution in [-0.4, -0.2) is 0 Å². The second-order valence-corrected chi connectivity index (χ2v) is 6.37. The summed E-state index contributed by atoms with van der Waals surface area (Å²) in [6, 6.07) is 3.58. The molecule has 0 radical (unpaired) electrons. The molecular weight excluding hydrogens is 372 g/mol. The van der Waals surface area contributed by atoms with Gasteiger partial charge in [0, 0.05) is 14.9 Å². The molecule has 0 bridgehead atoms. The monoisotopic (exact) mass is 374 g/mol. The third-order valence-electron chi connectivity index (χ3n) is 2.25. The van der Waals surface area contributed by atoms with Crippen molar-refractivity contribution in [3.05, 3.63) is 54.9 Å². The molecule has 1 unspecified atom stereocenters. The number of halogens is 6. The minimum atomic E-state index is -1.53. The maximum Gasteiger partial charge on any atom is 0.194 e. The highest BCUT2D eigenvalue weighted by molar-refractivity contribution is 9.10. The Morgan fingerprint density at radius 1 is 1.17 bits per heavy atom. The molecule has 0 aliphatic rings. The Balaban J connectivity index is 2.46. The lowest BCUT2D eigenvalue weighted by Gasteiger charge is -2.09. The Kier molecular flexibility index (Phi) is 4.26. The quantitative estimate of drug-likeness (QED) is 0.452. The molecule has 1 heterocycles. The van der Waals surface area contributed by atoms with Crippen molar-refractivity contribution in [3.8, 4) is 0 Å². The average Bonchev–Trinajstić information content (AvgIpc) is 2.66. The maximum atomic E-state index is 13.6. The molecule has 0 N–H and O–H groups in total. The van der Waals surface area contributed by atoms with E-state index in [1.54, 1.807) is 6.07 Å². The van der Waals surface area contributed by atoms with Crippen molar-refractivity contribution >= 4 is 50.5 Å². The normalized spacial score (nSPS) is 12.8. The Morgan fingerprint density at radius 2 is 1.83 bits per heavy atom. The van der Waals surface area contributed by atoms with Gasteiger partial charge in [0.25, 0.3) is 0 Å². The fourth-order valence-corrected chi connectivity index (χ4v) is 3.48. The Labute approximate surface area is 123 Å². The van der Waals surface area contributed by atoms with Crippen molar-refractivity contribution in [2.45, 2.75) is 5.38 Å². The number of thiophene rings is 1. The largest absolute Gasteiger partial charge is 0.204 e. The van der Waals surface area contributed by atoms with E-state index >= 15 is 0 Å². The number of alkyl halides is 1. The first-order valence-electron chi connectivity index (χ1n) is 4.64. The Hall–Kier alpha value is -0.230. The molecule has 2 rings (SSSR count). The summed E-state index contributed by atoms with van der Waals surface area (Å²) >= 11 is 16.2. The molecule has 0 amide bonds. The highest BCUT2D eigenvalue weighted by Gasteiger charge is 2.22. The van der Waals surface area contributed by atoms with Gasteiger partial charge in [-0.05, 0) is 28.1 Å². The van der Waals surface area contributed by atoms with Crippen molar-refractivity contribution < 1.29 is 13.2 Å². The third kappa shape index (κ3) is 2.54. The first kappa shape index (κ1) is 14.2. The van der Waals surface area contributed by atoms with Gasteiger partial charge >= 0.3 is 0 Å². The second-order valence-electron chi connectivity index (χ2n) is 3.40. The zero-order chi connectivity index (χ0) is 13.4. The smallest absolute Gasteiger partial charge is 0.194 e. The summed E-state index contributed by atoms with van der Waals surface area (Å²) in [5, 5.41) is -0.922. The second kappa shape index (κ2) is 5.41. The van der Waals surface area contributed by atoms with Crippen molar-refractivity contribution in [1.29, 1.82) is 0 Å². The molecule has 0 fully saturated rings. The highest BCUT2D eigenvalue weighted by atomic mass is 79.9. The SMILES string of the molecule is Fc1ccc(C(Cl)c2cc(Br)c(Cl)s2)c(F)c1F. The van der Waals surface area contributed by atoms with Crippen LogP contribution < -0.4 is 0 Å². The molecule has 1 aromatic heterocycles. The van der Waals surface area contributed by atoms with E-state index in [1.807, 2.05) is 0 Å². The first-order valence-corrected chi connectivity index (χ1v) is 7.06. The van der Waals surface area contributed by atoms with E-state index < -0.39 is 22.8 Å². The van der Waals surface area contributed by atoms with Gasteiger partial charge in [0.15, 0.2) is 17.5 Å². The molecular formula is C11H4BrCl2F3S. The van der Waals surface area contributed by atoms with Crippen molar-refractivity contribution in [2.24, 2.45) is 0 Å². The van der Waals surface area contributed by atoms with Crippen molar-refractivity contribution in [3.63, 3.8) is 0 Å². The lowest BCUT2D eigenvalue weighted by molar-refractivity contribution is 0.441. The molecule has 0 nitrogen and oxygen atoms in total. The van der Waals surface area contributed by atoms with Crippen LogP contribution in [0.15, 0.2) is 22.7 Å². The molecule has 1 aromatic carbocycles. The van der Waals surface area contributed by atoms with Crippen molar-refractivity contribution in [1.82, 2.24) is 0 Å². The number of hydrogen-bond donors (Lipinski definition) is 0. The molecule has 1 atom stereocenters. The van der Waals surface area contributed by atoms with E-state index in [2.05, 4.69) is 15.9 Å². The van der Waals surface area contributed by atoms with E-state index in [1.165, 1.54) is 0 Å². The van der Waals surface area contributed by atoms with E-state index in [9.17, 15) is 13.2 Å². The molecule has 0 saturated heterocycles. The van der Waals surface area contributed by atoms with E-state index in [0.29, 0.717) is 13.7 Å². The van der Waals surface area contributed by atoms with Crippen LogP contribution in [0.5, 0.6) is 0 Å². The molecule has 18 heavy (non-hydrogen) atoms. The van der Waals surface area contributed by atoms with Gasteiger partial charge < -0.3 is 0 Å². The molecule has 2 aromatic rings. The summed E-state index contributed by atoms with van der Waals surface area (Å²) in [6.07, 6.45) is 0. The summed E-state index contributed by atoms with van der Waals surface area (Å²) in [5.74, 6) is -4.05. The molecule has 0 spiro atoms. The van der Waals surface area contributed by atoms with Gasteiger partial charge in [0.05, 0.1) is 5.38 Å². The lowest BCUT2D eigenvalue weighted by Crippen LogP contribution is -2.00. The zero-order valence-corrected chi connectivity index (χ0v) is 12.4. The molecule has 7 heteroatoms. The van der Waals surface area contributed by atoms with Crippen molar-refractivity contribution in [2.75, 3.05) is 0 Å². The summed E-state index contributed by atoms with van der Waals surface area (Å²) in [4.78, 5) is 0.540. The highest BCUT2D eigenvalue weighted by Crippen LogP contribution is 2.41. The van der Waals surface area contributed by atoms with Gasteiger partial charge in [0.1, 0.15) is 4.34 Å². The van der Waals surface area contributed by atoms with Gasteiger partial charge in [-0.1, -0.05) is 17.7 Å². The van der Waals surface area contributed by atoms with Gasteiger partial charge in [-0.2, -0.15) is 0 Å². The van der Waals surface area contributed by atoms with E-state index in [0.717, 1.165) is 23.5 Å². The first-order chi connectivity index (χ1) is 8.41.